The zero-order chi connectivity index (χ0) is 30.7. The number of allylic oxidation sites excluding steroid dienone is 1. The van der Waals surface area contributed by atoms with E-state index < -0.39 is 59.5 Å². The van der Waals surface area contributed by atoms with Gasteiger partial charge in [0.05, 0.1) is 29.8 Å². The van der Waals surface area contributed by atoms with Gasteiger partial charge < -0.3 is 34.1 Å². The van der Waals surface area contributed by atoms with Crippen LogP contribution in [0.2, 0.25) is 0 Å². The van der Waals surface area contributed by atoms with E-state index in [0.717, 1.165) is 6.42 Å². The summed E-state index contributed by atoms with van der Waals surface area (Å²) in [4.78, 5) is 28.9. The van der Waals surface area contributed by atoms with E-state index in [1.165, 1.54) is 13.0 Å². The number of ketones is 1. The molecule has 0 aliphatic carbocycles. The minimum Gasteiger partial charge on any atom is -0.459 e. The summed E-state index contributed by atoms with van der Waals surface area (Å²) in [5, 5.41) is 22.7. The molecule has 0 saturated carbocycles. The number of carbonyl (C=O) groups excluding carboxylic acids is 2. The van der Waals surface area contributed by atoms with Crippen LogP contribution in [0.25, 0.3) is 0 Å². The fourth-order valence-electron chi connectivity index (χ4n) is 6.59. The largest absolute Gasteiger partial charge is 0.459 e. The lowest BCUT2D eigenvalue weighted by atomic mass is 9.76. The summed E-state index contributed by atoms with van der Waals surface area (Å²) in [6.07, 6.45) is -0.426. The lowest BCUT2D eigenvalue weighted by Gasteiger charge is -2.48. The quantitative estimate of drug-likeness (QED) is 0.478. The Morgan fingerprint density at radius 2 is 1.70 bits per heavy atom. The van der Waals surface area contributed by atoms with Crippen LogP contribution >= 0.6 is 0 Å². The SMILES string of the molecule is CC[C@H]1OC(=O)[C@H](C)[C@@H](O)[C@H](C)[C@@H](O[C@@H]2O[C@H](C)C[C@H](N(C)C)[C@H]2C)[C@](C)(OC)C[C@@H](C)C(=O)/C(C)=C/[C@]1(C)O. The van der Waals surface area contributed by atoms with E-state index >= 15 is 0 Å². The number of aliphatic hydroxyl groups excluding tert-OH is 1. The molecule has 2 rings (SSSR count). The number of ether oxygens (including phenoxy) is 4. The van der Waals surface area contributed by atoms with E-state index in [9.17, 15) is 19.8 Å². The van der Waals surface area contributed by atoms with E-state index in [4.69, 9.17) is 18.9 Å². The first kappa shape index (κ1) is 34.8. The molecule has 2 aliphatic rings. The van der Waals surface area contributed by atoms with Crippen molar-refractivity contribution in [2.24, 2.45) is 23.7 Å². The summed E-state index contributed by atoms with van der Waals surface area (Å²) in [6.45, 7) is 16.3. The van der Waals surface area contributed by atoms with Crippen LogP contribution in [0.5, 0.6) is 0 Å². The molecule has 0 aromatic heterocycles. The summed E-state index contributed by atoms with van der Waals surface area (Å²) >= 11 is 0. The minimum absolute atomic E-state index is 0.0175. The van der Waals surface area contributed by atoms with Gasteiger partial charge in [-0.3, -0.25) is 9.59 Å². The van der Waals surface area contributed by atoms with Crippen LogP contribution in [-0.4, -0.2) is 96.0 Å². The predicted octanol–water partition coefficient (Wildman–Crippen LogP) is 3.74. The van der Waals surface area contributed by atoms with Gasteiger partial charge in [-0.05, 0) is 79.6 Å². The van der Waals surface area contributed by atoms with Gasteiger partial charge in [-0.2, -0.15) is 0 Å². The second-order valence-corrected chi connectivity index (χ2v) is 13.0. The summed E-state index contributed by atoms with van der Waals surface area (Å²) in [5.41, 5.74) is -2.20. The van der Waals surface area contributed by atoms with Crippen molar-refractivity contribution in [2.75, 3.05) is 21.2 Å². The number of hydrogen-bond donors (Lipinski definition) is 2. The third kappa shape index (κ3) is 7.72. The van der Waals surface area contributed by atoms with Crippen LogP contribution in [-0.2, 0) is 28.5 Å². The standard InChI is InChI=1S/C31H55NO8/c1-13-24-30(8,36)15-17(2)25(33)18(3)16-31(9,37-12)27(21(6)26(34)22(7)28(35)39-24)40-29-20(5)23(32(10)11)14-19(4)38-29/h15,18-24,26-27,29,34,36H,13-14,16H2,1-12H3/b17-15+/t18-,19-,20-,21+,22-,23+,24-,26+,27-,29+,30+,31-/m1/s1. The second-order valence-electron chi connectivity index (χ2n) is 13.0. The van der Waals surface area contributed by atoms with Gasteiger partial charge >= 0.3 is 5.97 Å². The number of cyclic esters (lactones) is 1. The molecule has 2 heterocycles. The predicted molar refractivity (Wildman–Crippen MR) is 154 cm³/mol. The van der Waals surface area contributed by atoms with Crippen molar-refractivity contribution in [3.63, 3.8) is 0 Å². The van der Waals surface area contributed by atoms with Crippen molar-refractivity contribution in [1.29, 1.82) is 0 Å². The molecule has 0 unspecified atom stereocenters. The van der Waals surface area contributed by atoms with E-state index in [2.05, 4.69) is 11.8 Å². The number of Topliss-reactive ketones (excluding diaryl/α,β-unsaturated/α-hetero) is 1. The van der Waals surface area contributed by atoms with Gasteiger partial charge in [-0.1, -0.05) is 27.7 Å². The van der Waals surface area contributed by atoms with Crippen LogP contribution in [0.15, 0.2) is 11.6 Å². The molecule has 1 saturated heterocycles. The molecule has 0 spiro atoms. The number of carbonyl (C=O) groups is 2. The van der Waals surface area contributed by atoms with Crippen LogP contribution in [0.1, 0.15) is 81.6 Å². The van der Waals surface area contributed by atoms with Gasteiger partial charge in [0.15, 0.2) is 12.1 Å². The first-order valence-electron chi connectivity index (χ1n) is 14.8. The van der Waals surface area contributed by atoms with Crippen molar-refractivity contribution in [2.45, 2.75) is 130 Å². The first-order chi connectivity index (χ1) is 18.4. The molecule has 0 bridgehead atoms. The van der Waals surface area contributed by atoms with E-state index in [1.54, 1.807) is 27.9 Å². The Kier molecular flexibility index (Phi) is 12.0. The Morgan fingerprint density at radius 3 is 2.23 bits per heavy atom. The van der Waals surface area contributed by atoms with Gasteiger partial charge in [-0.15, -0.1) is 0 Å². The van der Waals surface area contributed by atoms with Crippen molar-refractivity contribution >= 4 is 11.8 Å². The van der Waals surface area contributed by atoms with E-state index in [-0.39, 0.29) is 23.8 Å². The van der Waals surface area contributed by atoms with Crippen molar-refractivity contribution < 1.29 is 38.7 Å². The van der Waals surface area contributed by atoms with Crippen LogP contribution in [0.3, 0.4) is 0 Å². The first-order valence-corrected chi connectivity index (χ1v) is 14.8. The maximum Gasteiger partial charge on any atom is 0.311 e. The third-order valence-electron chi connectivity index (χ3n) is 9.23. The normalized spacial score (nSPS) is 45.9. The average molecular weight is 570 g/mol. The second kappa shape index (κ2) is 13.7. The Morgan fingerprint density at radius 1 is 1.10 bits per heavy atom. The molecule has 0 radical (unpaired) electrons. The van der Waals surface area contributed by atoms with Crippen molar-refractivity contribution in [3.05, 3.63) is 11.6 Å². The fourth-order valence-corrected chi connectivity index (χ4v) is 6.59. The number of rotatable bonds is 5. The zero-order valence-electron chi connectivity index (χ0n) is 26.8. The third-order valence-corrected chi connectivity index (χ3v) is 9.23. The number of nitrogens with zero attached hydrogens (tertiary/aromatic N) is 1. The molecular formula is C31H55NO8. The molecule has 0 amide bonds. The maximum absolute atomic E-state index is 13.5. The number of methoxy groups -OCH3 is 1. The zero-order valence-corrected chi connectivity index (χ0v) is 26.8. The monoisotopic (exact) mass is 569 g/mol. The maximum atomic E-state index is 13.5. The Balaban J connectivity index is 2.61. The molecule has 12 atom stereocenters. The van der Waals surface area contributed by atoms with Crippen LogP contribution in [0.4, 0.5) is 0 Å². The summed E-state index contributed by atoms with van der Waals surface area (Å²) < 4.78 is 24.9. The van der Waals surface area contributed by atoms with Gasteiger partial charge in [0.2, 0.25) is 0 Å². The Bertz CT molecular complexity index is 904. The molecular weight excluding hydrogens is 514 g/mol. The summed E-state index contributed by atoms with van der Waals surface area (Å²) in [6, 6.07) is 0.224. The highest BCUT2D eigenvalue weighted by Crippen LogP contribution is 2.39. The number of aliphatic hydroxyl groups is 2. The molecule has 9 heteroatoms. The van der Waals surface area contributed by atoms with Gasteiger partial charge in [0.1, 0.15) is 11.7 Å². The average Bonchev–Trinajstić information content (AvgIpc) is 2.88. The molecule has 2 N–H and O–H groups in total. The highest BCUT2D eigenvalue weighted by Gasteiger charge is 2.49. The smallest absolute Gasteiger partial charge is 0.311 e. The number of esters is 1. The van der Waals surface area contributed by atoms with E-state index in [0.29, 0.717) is 18.4 Å². The Hall–Kier alpha value is -1.36. The van der Waals surface area contributed by atoms with Crippen molar-refractivity contribution in [3.8, 4) is 0 Å². The van der Waals surface area contributed by atoms with Crippen LogP contribution < -0.4 is 0 Å². The van der Waals surface area contributed by atoms with Gasteiger partial charge in [0, 0.05) is 30.9 Å². The van der Waals surface area contributed by atoms with Crippen molar-refractivity contribution in [1.82, 2.24) is 4.90 Å². The highest BCUT2D eigenvalue weighted by molar-refractivity contribution is 5.96. The lowest BCUT2D eigenvalue weighted by Crippen LogP contribution is -2.57. The molecule has 1 fully saturated rings. The molecule has 2 aliphatic heterocycles. The number of hydrogen-bond acceptors (Lipinski definition) is 9. The molecule has 0 aromatic carbocycles. The van der Waals surface area contributed by atoms with Crippen LogP contribution in [0, 0.1) is 23.7 Å². The molecule has 40 heavy (non-hydrogen) atoms. The Labute approximate surface area is 241 Å². The molecule has 0 aromatic rings. The lowest BCUT2D eigenvalue weighted by molar-refractivity contribution is -0.287. The van der Waals surface area contributed by atoms with Gasteiger partial charge in [-0.25, -0.2) is 0 Å². The molecule has 232 valence electrons. The summed E-state index contributed by atoms with van der Waals surface area (Å²) in [7, 11) is 5.66. The summed E-state index contributed by atoms with van der Waals surface area (Å²) in [5.74, 6) is -2.74. The van der Waals surface area contributed by atoms with E-state index in [1.807, 2.05) is 41.8 Å². The highest BCUT2D eigenvalue weighted by atomic mass is 16.7. The fraction of sp³-hybridized carbons (Fsp3) is 0.871. The molecule has 9 nitrogen and oxygen atoms in total. The topological polar surface area (TPSA) is 115 Å². The van der Waals surface area contributed by atoms with Gasteiger partial charge in [0.25, 0.3) is 0 Å². The minimum atomic E-state index is -1.56.